The molecule has 0 bridgehead atoms. The van der Waals surface area contributed by atoms with E-state index < -0.39 is 0 Å². The summed E-state index contributed by atoms with van der Waals surface area (Å²) in [5.74, 6) is 0. The summed E-state index contributed by atoms with van der Waals surface area (Å²) in [6, 6.07) is 80.4. The Labute approximate surface area is 337 Å². The Morgan fingerprint density at radius 1 is 0.310 bits per heavy atom. The molecule has 0 saturated carbocycles. The second-order valence-electron chi connectivity index (χ2n) is 14.8. The Balaban J connectivity index is 1.06. The molecule has 3 heteroatoms. The molecule has 58 heavy (non-hydrogen) atoms. The summed E-state index contributed by atoms with van der Waals surface area (Å²) in [5, 5.41) is 5.92. The molecule has 9 aromatic carbocycles. The van der Waals surface area contributed by atoms with Crippen molar-refractivity contribution in [3.8, 4) is 39.2 Å². The molecule has 2 aromatic heterocycles. The van der Waals surface area contributed by atoms with Gasteiger partial charge in [0, 0.05) is 49.9 Å². The molecule has 0 aliphatic heterocycles. The van der Waals surface area contributed by atoms with Gasteiger partial charge in [-0.05, 0) is 100 Å². The third-order valence-electron chi connectivity index (χ3n) is 11.4. The van der Waals surface area contributed by atoms with E-state index in [9.17, 15) is 0 Å². The van der Waals surface area contributed by atoms with Crippen LogP contribution in [0.15, 0.2) is 224 Å². The lowest BCUT2D eigenvalue weighted by molar-refractivity contribution is 1.18. The first-order valence-corrected chi connectivity index (χ1v) is 19.8. The van der Waals surface area contributed by atoms with Crippen molar-refractivity contribution < 1.29 is 0 Å². The topological polar surface area (TPSA) is 21.1 Å². The molecule has 11 rings (SSSR count). The number of hydrogen-bond donors (Lipinski definition) is 0. The SMILES string of the molecule is c1ccc(-c2ccc(N(c3ccc(-c4ccccc4)cc3)c3ccc(-c4nc5ccccc5c5cc6c(cc45)c4ccccc4n6-c4ccccc4)cc3)cc2)cc1. The van der Waals surface area contributed by atoms with Crippen LogP contribution in [0.2, 0.25) is 0 Å². The third-order valence-corrected chi connectivity index (χ3v) is 11.4. The van der Waals surface area contributed by atoms with E-state index in [2.05, 4.69) is 234 Å². The fourth-order valence-corrected chi connectivity index (χ4v) is 8.57. The maximum Gasteiger partial charge on any atom is 0.0788 e. The molecule has 0 radical (unpaired) electrons. The zero-order valence-electron chi connectivity index (χ0n) is 31.7. The Bertz CT molecular complexity index is 3140. The van der Waals surface area contributed by atoms with Gasteiger partial charge in [0.05, 0.1) is 22.2 Å². The van der Waals surface area contributed by atoms with Crippen LogP contribution < -0.4 is 4.90 Å². The zero-order chi connectivity index (χ0) is 38.4. The van der Waals surface area contributed by atoms with Crippen LogP contribution in [0.4, 0.5) is 17.1 Å². The van der Waals surface area contributed by atoms with Gasteiger partial charge < -0.3 is 9.47 Å². The first-order chi connectivity index (χ1) is 28.8. The molecule has 0 atom stereocenters. The molecule has 3 nitrogen and oxygen atoms in total. The molecule has 2 heterocycles. The molecule has 0 saturated heterocycles. The van der Waals surface area contributed by atoms with Gasteiger partial charge in [-0.1, -0.05) is 152 Å². The van der Waals surface area contributed by atoms with E-state index in [0.717, 1.165) is 50.3 Å². The monoisotopic (exact) mass is 739 g/mol. The van der Waals surface area contributed by atoms with Crippen molar-refractivity contribution in [2.24, 2.45) is 0 Å². The van der Waals surface area contributed by atoms with E-state index in [0.29, 0.717) is 0 Å². The van der Waals surface area contributed by atoms with Gasteiger partial charge in [-0.2, -0.15) is 0 Å². The van der Waals surface area contributed by atoms with Gasteiger partial charge >= 0.3 is 0 Å². The first kappa shape index (κ1) is 33.6. The van der Waals surface area contributed by atoms with E-state index in [-0.39, 0.29) is 0 Å². The van der Waals surface area contributed by atoms with E-state index >= 15 is 0 Å². The maximum atomic E-state index is 5.37. The molecule has 0 amide bonds. The van der Waals surface area contributed by atoms with Crippen molar-refractivity contribution >= 4 is 60.5 Å². The molecule has 272 valence electrons. The van der Waals surface area contributed by atoms with E-state index in [1.165, 1.54) is 49.4 Å². The van der Waals surface area contributed by atoms with Gasteiger partial charge in [0.25, 0.3) is 0 Å². The summed E-state index contributed by atoms with van der Waals surface area (Å²) in [4.78, 5) is 7.71. The summed E-state index contributed by atoms with van der Waals surface area (Å²) < 4.78 is 2.39. The van der Waals surface area contributed by atoms with Crippen LogP contribution in [0.5, 0.6) is 0 Å². The number of benzene rings is 9. The first-order valence-electron chi connectivity index (χ1n) is 19.8. The Morgan fingerprint density at radius 3 is 1.36 bits per heavy atom. The van der Waals surface area contributed by atoms with Gasteiger partial charge in [-0.3, -0.25) is 0 Å². The molecular formula is C55H37N3. The average Bonchev–Trinajstić information content (AvgIpc) is 3.63. The fourth-order valence-electron chi connectivity index (χ4n) is 8.57. The van der Waals surface area contributed by atoms with Crippen LogP contribution in [0.1, 0.15) is 0 Å². The Hall–Kier alpha value is -7.75. The Kier molecular flexibility index (Phi) is 8.15. The number of hydrogen-bond acceptors (Lipinski definition) is 2. The highest BCUT2D eigenvalue weighted by atomic mass is 15.1. The smallest absolute Gasteiger partial charge is 0.0788 e. The molecule has 11 aromatic rings. The lowest BCUT2D eigenvalue weighted by atomic mass is 9.97. The van der Waals surface area contributed by atoms with Crippen LogP contribution in [0, 0.1) is 0 Å². The van der Waals surface area contributed by atoms with Crippen LogP contribution in [0.3, 0.4) is 0 Å². The minimum absolute atomic E-state index is 0.977. The van der Waals surface area contributed by atoms with Crippen LogP contribution in [-0.4, -0.2) is 9.55 Å². The predicted octanol–water partition coefficient (Wildman–Crippen LogP) is 15.0. The van der Waals surface area contributed by atoms with Crippen molar-refractivity contribution in [1.29, 1.82) is 0 Å². The zero-order valence-corrected chi connectivity index (χ0v) is 31.7. The molecule has 0 fully saturated rings. The fraction of sp³-hybridized carbons (Fsp3) is 0. The summed E-state index contributed by atoms with van der Waals surface area (Å²) in [7, 11) is 0. The molecule has 0 unspecified atom stereocenters. The van der Waals surface area contributed by atoms with Gasteiger partial charge in [0.1, 0.15) is 0 Å². The standard InChI is InChI=1S/C55H37N3/c1-4-14-38(15-5-1)40-24-30-44(31-25-40)57(45-32-26-41(27-33-45)39-16-6-2-7-17-39)46-34-28-42(29-35-46)55-51-36-50-48-21-11-13-23-53(48)58(43-18-8-3-9-19-43)54(50)37-49(51)47-20-10-12-22-52(47)56-55/h1-37H. The Morgan fingerprint density at radius 2 is 0.776 bits per heavy atom. The number of pyridine rings is 1. The molecule has 0 aliphatic carbocycles. The van der Waals surface area contributed by atoms with Crippen molar-refractivity contribution in [2.45, 2.75) is 0 Å². The van der Waals surface area contributed by atoms with E-state index in [1.54, 1.807) is 0 Å². The minimum Gasteiger partial charge on any atom is -0.311 e. The number of nitrogens with zero attached hydrogens (tertiary/aromatic N) is 3. The minimum atomic E-state index is 0.977. The van der Waals surface area contributed by atoms with E-state index in [1.807, 2.05) is 0 Å². The quantitative estimate of drug-likeness (QED) is 0.152. The highest BCUT2D eigenvalue weighted by molar-refractivity contribution is 6.20. The van der Waals surface area contributed by atoms with Crippen LogP contribution in [0.25, 0.3) is 82.7 Å². The van der Waals surface area contributed by atoms with Gasteiger partial charge in [0.2, 0.25) is 0 Å². The molecule has 0 aliphatic rings. The number of aromatic nitrogens is 2. The van der Waals surface area contributed by atoms with Crippen molar-refractivity contribution in [3.63, 3.8) is 0 Å². The number of para-hydroxylation sites is 3. The second-order valence-corrected chi connectivity index (χ2v) is 14.8. The van der Waals surface area contributed by atoms with Gasteiger partial charge in [0.15, 0.2) is 0 Å². The highest BCUT2D eigenvalue weighted by Gasteiger charge is 2.19. The van der Waals surface area contributed by atoms with Gasteiger partial charge in [-0.25, -0.2) is 4.98 Å². The third kappa shape index (κ3) is 5.80. The average molecular weight is 740 g/mol. The summed E-state index contributed by atoms with van der Waals surface area (Å²) in [6.45, 7) is 0. The van der Waals surface area contributed by atoms with Crippen LogP contribution >= 0.6 is 0 Å². The number of rotatable bonds is 7. The lowest BCUT2D eigenvalue weighted by Crippen LogP contribution is -2.09. The molecule has 0 N–H and O–H groups in total. The number of fused-ring (bicyclic) bond motifs is 6. The summed E-state index contributed by atoms with van der Waals surface area (Å²) in [5.41, 5.74) is 14.6. The van der Waals surface area contributed by atoms with Crippen molar-refractivity contribution in [3.05, 3.63) is 224 Å². The summed E-state index contributed by atoms with van der Waals surface area (Å²) in [6.07, 6.45) is 0. The summed E-state index contributed by atoms with van der Waals surface area (Å²) >= 11 is 0. The maximum absolute atomic E-state index is 5.37. The predicted molar refractivity (Wildman–Crippen MR) is 245 cm³/mol. The van der Waals surface area contributed by atoms with Gasteiger partial charge in [-0.15, -0.1) is 0 Å². The normalized spacial score (nSPS) is 11.4. The largest absolute Gasteiger partial charge is 0.311 e. The van der Waals surface area contributed by atoms with Crippen molar-refractivity contribution in [2.75, 3.05) is 4.90 Å². The second kappa shape index (κ2) is 14.1. The molecular weight excluding hydrogens is 703 g/mol. The molecule has 0 spiro atoms. The number of anilines is 3. The highest BCUT2D eigenvalue weighted by Crippen LogP contribution is 2.42. The van der Waals surface area contributed by atoms with Crippen molar-refractivity contribution in [1.82, 2.24) is 9.55 Å². The lowest BCUT2D eigenvalue weighted by Gasteiger charge is -2.26. The van der Waals surface area contributed by atoms with E-state index in [4.69, 9.17) is 4.98 Å². The van der Waals surface area contributed by atoms with Crippen LogP contribution in [-0.2, 0) is 0 Å².